The summed E-state index contributed by atoms with van der Waals surface area (Å²) in [6.45, 7) is 0.443. The number of methoxy groups -OCH3 is 1. The predicted molar refractivity (Wildman–Crippen MR) is 79.7 cm³/mol. The van der Waals surface area contributed by atoms with Crippen LogP contribution in [0.5, 0.6) is 5.75 Å². The number of rotatable bonds is 4. The topological polar surface area (TPSA) is 76.4 Å². The zero-order chi connectivity index (χ0) is 14.4. The molecule has 0 heterocycles. The van der Waals surface area contributed by atoms with E-state index in [-0.39, 0.29) is 6.03 Å². The van der Waals surface area contributed by atoms with Crippen LogP contribution in [0.25, 0.3) is 0 Å². The minimum Gasteiger partial charge on any atom is -0.497 e. The highest BCUT2D eigenvalue weighted by Crippen LogP contribution is 2.12. The largest absolute Gasteiger partial charge is 0.497 e. The summed E-state index contributed by atoms with van der Waals surface area (Å²) >= 11 is 0. The fraction of sp³-hybridized carbons (Fsp3) is 0.133. The van der Waals surface area contributed by atoms with Gasteiger partial charge < -0.3 is 21.1 Å². The summed E-state index contributed by atoms with van der Waals surface area (Å²) in [5.41, 5.74) is 7.91. The van der Waals surface area contributed by atoms with Crippen LogP contribution in [0.2, 0.25) is 0 Å². The second-order valence-corrected chi connectivity index (χ2v) is 4.28. The van der Waals surface area contributed by atoms with Gasteiger partial charge in [0.25, 0.3) is 0 Å². The number of ether oxygens (including phenoxy) is 1. The molecule has 2 aromatic rings. The minimum absolute atomic E-state index is 0.272. The van der Waals surface area contributed by atoms with Crippen LogP contribution in [0.3, 0.4) is 0 Å². The Hall–Kier alpha value is -2.69. The van der Waals surface area contributed by atoms with Crippen molar-refractivity contribution in [3.05, 3.63) is 54.1 Å². The van der Waals surface area contributed by atoms with Crippen LogP contribution in [0.1, 0.15) is 5.56 Å². The summed E-state index contributed by atoms with van der Waals surface area (Å²) in [7, 11) is 1.62. The number of anilines is 2. The first-order chi connectivity index (χ1) is 9.67. The van der Waals surface area contributed by atoms with Crippen molar-refractivity contribution in [2.75, 3.05) is 18.2 Å². The molecule has 0 unspecified atom stereocenters. The summed E-state index contributed by atoms with van der Waals surface area (Å²) in [4.78, 5) is 11.7. The standard InChI is InChI=1S/C15H17N3O2/c1-20-14-7-5-11(6-8-14)10-17-15(19)18-13-4-2-3-12(16)9-13/h2-9H,10,16H2,1H3,(H2,17,18,19). The van der Waals surface area contributed by atoms with Gasteiger partial charge in [0, 0.05) is 17.9 Å². The number of carbonyl (C=O) groups excluding carboxylic acids is 1. The van der Waals surface area contributed by atoms with Crippen LogP contribution in [-0.4, -0.2) is 13.1 Å². The van der Waals surface area contributed by atoms with E-state index in [1.54, 1.807) is 31.4 Å². The van der Waals surface area contributed by atoms with E-state index >= 15 is 0 Å². The van der Waals surface area contributed by atoms with Gasteiger partial charge in [-0.2, -0.15) is 0 Å². The van der Waals surface area contributed by atoms with E-state index in [4.69, 9.17) is 10.5 Å². The fourth-order valence-electron chi connectivity index (χ4n) is 1.72. The number of urea groups is 1. The van der Waals surface area contributed by atoms with Gasteiger partial charge in [0.1, 0.15) is 5.75 Å². The van der Waals surface area contributed by atoms with Gasteiger partial charge in [0.2, 0.25) is 0 Å². The van der Waals surface area contributed by atoms with Crippen molar-refractivity contribution in [1.29, 1.82) is 0 Å². The van der Waals surface area contributed by atoms with Gasteiger partial charge in [-0.3, -0.25) is 0 Å². The molecule has 0 aliphatic heterocycles. The van der Waals surface area contributed by atoms with E-state index in [1.165, 1.54) is 0 Å². The van der Waals surface area contributed by atoms with Crippen molar-refractivity contribution in [2.24, 2.45) is 0 Å². The molecule has 0 saturated carbocycles. The number of benzene rings is 2. The monoisotopic (exact) mass is 271 g/mol. The van der Waals surface area contributed by atoms with Gasteiger partial charge in [-0.1, -0.05) is 18.2 Å². The van der Waals surface area contributed by atoms with Gasteiger partial charge in [0.15, 0.2) is 0 Å². The molecule has 0 aliphatic carbocycles. The molecule has 0 saturated heterocycles. The molecular formula is C15H17N3O2. The first-order valence-corrected chi connectivity index (χ1v) is 6.21. The number of nitrogens with one attached hydrogen (secondary N) is 2. The molecule has 0 fully saturated rings. The van der Waals surface area contributed by atoms with E-state index in [0.717, 1.165) is 11.3 Å². The molecule has 0 atom stereocenters. The van der Waals surface area contributed by atoms with Crippen molar-refractivity contribution in [2.45, 2.75) is 6.54 Å². The lowest BCUT2D eigenvalue weighted by Gasteiger charge is -2.08. The quantitative estimate of drug-likeness (QED) is 0.748. The Labute approximate surface area is 117 Å². The molecule has 5 nitrogen and oxygen atoms in total. The van der Waals surface area contributed by atoms with E-state index in [1.807, 2.05) is 24.3 Å². The molecule has 2 aromatic carbocycles. The second-order valence-electron chi connectivity index (χ2n) is 4.28. The van der Waals surface area contributed by atoms with Gasteiger partial charge in [-0.25, -0.2) is 4.79 Å². The number of hydrogen-bond donors (Lipinski definition) is 3. The molecule has 0 aromatic heterocycles. The van der Waals surface area contributed by atoms with Crippen molar-refractivity contribution in [1.82, 2.24) is 5.32 Å². The van der Waals surface area contributed by atoms with Crippen LogP contribution < -0.4 is 21.1 Å². The summed E-state index contributed by atoms with van der Waals surface area (Å²) < 4.78 is 5.07. The molecule has 104 valence electrons. The lowest BCUT2D eigenvalue weighted by molar-refractivity contribution is 0.251. The third-order valence-corrected chi connectivity index (χ3v) is 2.76. The minimum atomic E-state index is -0.272. The molecule has 0 bridgehead atoms. The van der Waals surface area contributed by atoms with Crippen molar-refractivity contribution >= 4 is 17.4 Å². The third-order valence-electron chi connectivity index (χ3n) is 2.76. The van der Waals surface area contributed by atoms with Crippen molar-refractivity contribution in [3.8, 4) is 5.75 Å². The maximum Gasteiger partial charge on any atom is 0.319 e. The van der Waals surface area contributed by atoms with E-state index in [9.17, 15) is 4.79 Å². The van der Waals surface area contributed by atoms with Crippen LogP contribution in [0.15, 0.2) is 48.5 Å². The van der Waals surface area contributed by atoms with Crippen molar-refractivity contribution in [3.63, 3.8) is 0 Å². The molecule has 2 rings (SSSR count). The highest BCUT2D eigenvalue weighted by molar-refractivity contribution is 5.89. The van der Waals surface area contributed by atoms with Crippen LogP contribution in [-0.2, 0) is 6.54 Å². The Kier molecular flexibility index (Phi) is 4.44. The Bertz CT molecular complexity index is 582. The smallest absolute Gasteiger partial charge is 0.319 e. The first kappa shape index (κ1) is 13.7. The van der Waals surface area contributed by atoms with Gasteiger partial charge in [0.05, 0.1) is 7.11 Å². The van der Waals surface area contributed by atoms with Crippen LogP contribution in [0.4, 0.5) is 16.2 Å². The molecule has 4 N–H and O–H groups in total. The van der Waals surface area contributed by atoms with E-state index in [2.05, 4.69) is 10.6 Å². The molecular weight excluding hydrogens is 254 g/mol. The van der Waals surface area contributed by atoms with Crippen molar-refractivity contribution < 1.29 is 9.53 Å². The lowest BCUT2D eigenvalue weighted by Crippen LogP contribution is -2.28. The zero-order valence-corrected chi connectivity index (χ0v) is 11.2. The Balaban J connectivity index is 1.85. The number of carbonyl (C=O) groups is 1. The summed E-state index contributed by atoms with van der Waals surface area (Å²) in [6.07, 6.45) is 0. The Morgan fingerprint density at radius 1 is 1.20 bits per heavy atom. The zero-order valence-electron chi connectivity index (χ0n) is 11.2. The molecule has 5 heteroatoms. The molecule has 0 aliphatic rings. The van der Waals surface area contributed by atoms with Gasteiger partial charge in [-0.05, 0) is 35.9 Å². The maximum absolute atomic E-state index is 11.7. The lowest BCUT2D eigenvalue weighted by atomic mass is 10.2. The van der Waals surface area contributed by atoms with Crippen LogP contribution in [0, 0.1) is 0 Å². The highest BCUT2D eigenvalue weighted by Gasteiger charge is 2.02. The van der Waals surface area contributed by atoms with E-state index < -0.39 is 0 Å². The van der Waals surface area contributed by atoms with E-state index in [0.29, 0.717) is 17.9 Å². The number of nitrogen functional groups attached to an aromatic ring is 1. The summed E-state index contributed by atoms with van der Waals surface area (Å²) in [5.74, 6) is 0.790. The SMILES string of the molecule is COc1ccc(CNC(=O)Nc2cccc(N)c2)cc1. The summed E-state index contributed by atoms with van der Waals surface area (Å²) in [6, 6.07) is 14.3. The Morgan fingerprint density at radius 2 is 1.95 bits per heavy atom. The Morgan fingerprint density at radius 3 is 2.60 bits per heavy atom. The number of nitrogens with two attached hydrogens (primary N) is 1. The third kappa shape index (κ3) is 3.91. The summed E-state index contributed by atoms with van der Waals surface area (Å²) in [5, 5.41) is 5.49. The number of hydrogen-bond acceptors (Lipinski definition) is 3. The average Bonchev–Trinajstić information content (AvgIpc) is 2.46. The molecule has 2 amide bonds. The normalized spacial score (nSPS) is 9.85. The predicted octanol–water partition coefficient (Wildman–Crippen LogP) is 2.60. The molecule has 0 radical (unpaired) electrons. The molecule has 0 spiro atoms. The first-order valence-electron chi connectivity index (χ1n) is 6.21. The molecule has 20 heavy (non-hydrogen) atoms. The van der Waals surface area contributed by atoms with Crippen LogP contribution >= 0.6 is 0 Å². The maximum atomic E-state index is 11.7. The highest BCUT2D eigenvalue weighted by atomic mass is 16.5. The fourth-order valence-corrected chi connectivity index (χ4v) is 1.72. The average molecular weight is 271 g/mol. The second kappa shape index (κ2) is 6.47. The van der Waals surface area contributed by atoms with Gasteiger partial charge in [-0.15, -0.1) is 0 Å². The van der Waals surface area contributed by atoms with Gasteiger partial charge >= 0.3 is 6.03 Å². The number of amides is 2.